The lowest BCUT2D eigenvalue weighted by Gasteiger charge is -2.62. The topological polar surface area (TPSA) is 63.6 Å². The number of halogens is 3. The Morgan fingerprint density at radius 1 is 1.28 bits per heavy atom. The summed E-state index contributed by atoms with van der Waals surface area (Å²) in [4.78, 5) is 24.1. The molecule has 3 fully saturated rings. The second kappa shape index (κ2) is 7.71. The molecule has 0 aromatic heterocycles. The maximum atomic E-state index is 17.1. The number of ketones is 1. The molecule has 0 aromatic carbocycles. The van der Waals surface area contributed by atoms with E-state index in [9.17, 15) is 19.1 Å². The number of allylic oxidation sites excluding steroid dienone is 4. The van der Waals surface area contributed by atoms with Crippen molar-refractivity contribution < 1.29 is 32.6 Å². The maximum absolute atomic E-state index is 17.1. The van der Waals surface area contributed by atoms with Crippen LogP contribution in [0.5, 0.6) is 0 Å². The van der Waals surface area contributed by atoms with E-state index in [1.54, 1.807) is 6.92 Å². The van der Waals surface area contributed by atoms with E-state index in [1.165, 1.54) is 13.0 Å². The second-order valence-electron chi connectivity index (χ2n) is 10.5. The molecule has 1 N–H and O–H groups in total. The zero-order valence-electron chi connectivity index (χ0n) is 19.2. The first-order valence-corrected chi connectivity index (χ1v) is 11.8. The van der Waals surface area contributed by atoms with Crippen molar-refractivity contribution in [3.63, 3.8) is 0 Å². The molecule has 3 saturated carbocycles. The normalized spacial score (nSPS) is 47.7. The predicted molar refractivity (Wildman–Crippen MR) is 113 cm³/mol. The van der Waals surface area contributed by atoms with E-state index in [2.05, 4.69) is 0 Å². The SMILES string of the molecule is CCC[C@]12C[C@H](O)[C@@]3(F)[C@@H](C[C@H](F)C4=C(F)C(=O)C=C[C@@]43C)[C@@H]1C[C@H](C)[C@H]2OC(=O)CC. The number of rotatable bonds is 4. The van der Waals surface area contributed by atoms with Gasteiger partial charge < -0.3 is 9.84 Å². The molecule has 4 nitrogen and oxygen atoms in total. The van der Waals surface area contributed by atoms with Gasteiger partial charge in [0.15, 0.2) is 11.5 Å². The van der Waals surface area contributed by atoms with Crippen molar-refractivity contribution in [2.75, 3.05) is 0 Å². The van der Waals surface area contributed by atoms with E-state index < -0.39 is 58.0 Å². The van der Waals surface area contributed by atoms with Crippen molar-refractivity contribution in [2.45, 2.75) is 90.3 Å². The van der Waals surface area contributed by atoms with Crippen LogP contribution in [-0.2, 0) is 14.3 Å². The molecule has 0 aliphatic heterocycles. The highest BCUT2D eigenvalue weighted by Gasteiger charge is 2.74. The summed E-state index contributed by atoms with van der Waals surface area (Å²) in [6.07, 6.45) is 0.249. The molecule has 0 saturated heterocycles. The van der Waals surface area contributed by atoms with E-state index in [-0.39, 0.29) is 37.1 Å². The zero-order valence-corrected chi connectivity index (χ0v) is 19.2. The second-order valence-corrected chi connectivity index (χ2v) is 10.5. The molecule has 0 amide bonds. The van der Waals surface area contributed by atoms with Gasteiger partial charge in [-0.25, -0.2) is 13.2 Å². The van der Waals surface area contributed by atoms with E-state index in [4.69, 9.17) is 4.74 Å². The van der Waals surface area contributed by atoms with Gasteiger partial charge in [-0.15, -0.1) is 0 Å². The number of aliphatic hydroxyl groups is 1. The molecule has 0 heterocycles. The predicted octanol–water partition coefficient (Wildman–Crippen LogP) is 4.95. The minimum atomic E-state index is -2.33. The molecule has 4 aliphatic rings. The average Bonchev–Trinajstić information content (AvgIpc) is 2.99. The van der Waals surface area contributed by atoms with Crippen LogP contribution in [0, 0.1) is 28.6 Å². The smallest absolute Gasteiger partial charge is 0.305 e. The molecule has 7 heteroatoms. The van der Waals surface area contributed by atoms with Gasteiger partial charge in [0, 0.05) is 28.7 Å². The Hall–Kier alpha value is -1.63. The van der Waals surface area contributed by atoms with Crippen LogP contribution in [0.3, 0.4) is 0 Å². The van der Waals surface area contributed by atoms with Crippen molar-refractivity contribution in [3.05, 3.63) is 23.6 Å². The quantitative estimate of drug-likeness (QED) is 0.611. The minimum absolute atomic E-state index is 0.0493. The molecule has 32 heavy (non-hydrogen) atoms. The zero-order chi connectivity index (χ0) is 23.6. The highest BCUT2D eigenvalue weighted by molar-refractivity contribution is 6.04. The monoisotopic (exact) mass is 454 g/mol. The fourth-order valence-electron chi connectivity index (χ4n) is 7.74. The molecular formula is C25H33F3O4. The largest absolute Gasteiger partial charge is 0.461 e. The van der Waals surface area contributed by atoms with Gasteiger partial charge in [-0.2, -0.15) is 0 Å². The van der Waals surface area contributed by atoms with Crippen LogP contribution in [0.15, 0.2) is 23.6 Å². The average molecular weight is 455 g/mol. The Morgan fingerprint density at radius 3 is 2.59 bits per heavy atom. The van der Waals surface area contributed by atoms with E-state index >= 15 is 8.78 Å². The molecule has 178 valence electrons. The van der Waals surface area contributed by atoms with Crippen LogP contribution < -0.4 is 0 Å². The van der Waals surface area contributed by atoms with Crippen molar-refractivity contribution in [3.8, 4) is 0 Å². The van der Waals surface area contributed by atoms with Crippen LogP contribution in [0.1, 0.15) is 66.2 Å². The number of esters is 1. The van der Waals surface area contributed by atoms with Crippen molar-refractivity contribution in [1.82, 2.24) is 0 Å². The molecule has 4 rings (SSSR count). The van der Waals surface area contributed by atoms with Crippen molar-refractivity contribution in [2.24, 2.45) is 28.6 Å². The third-order valence-corrected chi connectivity index (χ3v) is 8.94. The lowest BCUT2D eigenvalue weighted by atomic mass is 9.44. The molecule has 0 radical (unpaired) electrons. The van der Waals surface area contributed by atoms with Crippen LogP contribution in [0.4, 0.5) is 13.2 Å². The summed E-state index contributed by atoms with van der Waals surface area (Å²) in [5.74, 6) is -3.84. The molecular weight excluding hydrogens is 421 g/mol. The number of hydrogen-bond acceptors (Lipinski definition) is 4. The van der Waals surface area contributed by atoms with E-state index in [1.807, 2.05) is 13.8 Å². The minimum Gasteiger partial charge on any atom is -0.461 e. The Labute approximate surface area is 187 Å². The van der Waals surface area contributed by atoms with Gasteiger partial charge in [-0.1, -0.05) is 33.3 Å². The molecule has 0 spiro atoms. The van der Waals surface area contributed by atoms with E-state index in [0.29, 0.717) is 12.8 Å². The highest BCUT2D eigenvalue weighted by atomic mass is 19.2. The molecule has 4 aliphatic carbocycles. The summed E-state index contributed by atoms with van der Waals surface area (Å²) >= 11 is 0. The van der Waals surface area contributed by atoms with E-state index in [0.717, 1.165) is 12.5 Å². The van der Waals surface area contributed by atoms with Gasteiger partial charge in [-0.3, -0.25) is 9.59 Å². The Kier molecular flexibility index (Phi) is 5.67. The first kappa shape index (κ1) is 23.5. The Bertz CT molecular complexity index is 884. The maximum Gasteiger partial charge on any atom is 0.305 e. The molecule has 9 atom stereocenters. The summed E-state index contributed by atoms with van der Waals surface area (Å²) < 4.78 is 53.2. The van der Waals surface area contributed by atoms with Gasteiger partial charge in [0.05, 0.1) is 6.10 Å². The third-order valence-electron chi connectivity index (χ3n) is 8.94. The number of aliphatic hydroxyl groups excluding tert-OH is 1. The van der Waals surface area contributed by atoms with Crippen LogP contribution >= 0.6 is 0 Å². The fraction of sp³-hybridized carbons (Fsp3) is 0.760. The third kappa shape index (κ3) is 2.85. The summed E-state index contributed by atoms with van der Waals surface area (Å²) in [5.41, 5.74) is -5.23. The number of carbonyl (C=O) groups is 2. The van der Waals surface area contributed by atoms with Gasteiger partial charge in [0.2, 0.25) is 5.78 Å². The van der Waals surface area contributed by atoms with Crippen molar-refractivity contribution in [1.29, 1.82) is 0 Å². The summed E-state index contributed by atoms with van der Waals surface area (Å²) in [6.45, 7) is 7.05. The number of ether oxygens (including phenoxy) is 1. The van der Waals surface area contributed by atoms with Gasteiger partial charge in [-0.05, 0) is 50.5 Å². The molecule has 0 bridgehead atoms. The first-order chi connectivity index (χ1) is 15.0. The van der Waals surface area contributed by atoms with Crippen LogP contribution in [-0.4, -0.2) is 40.9 Å². The van der Waals surface area contributed by atoms with Gasteiger partial charge in [0.25, 0.3) is 0 Å². The number of fused-ring (bicyclic) bond motifs is 5. The van der Waals surface area contributed by atoms with Gasteiger partial charge in [0.1, 0.15) is 12.3 Å². The van der Waals surface area contributed by atoms with Gasteiger partial charge >= 0.3 is 5.97 Å². The number of carbonyl (C=O) groups excluding carboxylic acids is 2. The summed E-state index contributed by atoms with van der Waals surface area (Å²) in [5, 5.41) is 11.3. The lowest BCUT2D eigenvalue weighted by molar-refractivity contribution is -0.218. The molecule has 0 unspecified atom stereocenters. The Morgan fingerprint density at radius 2 is 1.97 bits per heavy atom. The first-order valence-electron chi connectivity index (χ1n) is 11.8. The van der Waals surface area contributed by atoms with Crippen LogP contribution in [0.25, 0.3) is 0 Å². The highest BCUT2D eigenvalue weighted by Crippen LogP contribution is 2.70. The fourth-order valence-corrected chi connectivity index (χ4v) is 7.74. The summed E-state index contributed by atoms with van der Waals surface area (Å²) in [6, 6.07) is 0. The number of hydrogen-bond donors (Lipinski definition) is 1. The summed E-state index contributed by atoms with van der Waals surface area (Å²) in [7, 11) is 0. The van der Waals surface area contributed by atoms with Crippen molar-refractivity contribution >= 4 is 11.8 Å². The standard InChI is InChI=1S/C25H33F3O4/c1-5-8-24-12-18(30)25(28)15(14(24)10-13(3)22(24)32-19(31)6-2)11-16(26)20-21(27)17(29)7-9-23(20,25)4/h7,9,13-16,18,22,30H,5-6,8,10-12H2,1-4H3/t13-,14-,15-,16-,18-,22+,23-,24-,25-/m0/s1. The lowest BCUT2D eigenvalue weighted by Crippen LogP contribution is -2.69. The molecule has 0 aromatic rings. The van der Waals surface area contributed by atoms with Crippen LogP contribution in [0.2, 0.25) is 0 Å². The Balaban J connectivity index is 1.84. The number of alkyl halides is 2.